The van der Waals surface area contributed by atoms with Crippen molar-refractivity contribution in [1.29, 1.82) is 0 Å². The number of ether oxygens (including phenoxy) is 1. The maximum absolute atomic E-state index is 11.0. The Morgan fingerprint density at radius 1 is 1.56 bits per heavy atom. The molecule has 0 aliphatic heterocycles. The van der Waals surface area contributed by atoms with Crippen LogP contribution in [0.15, 0.2) is 0 Å². The maximum atomic E-state index is 11.0. The zero-order chi connectivity index (χ0) is 12.1. The van der Waals surface area contributed by atoms with Crippen LogP contribution in [0.25, 0.3) is 0 Å². The molecular formula is C11H17NO3S. The fourth-order valence-electron chi connectivity index (χ4n) is 1.29. The Morgan fingerprint density at radius 2 is 2.25 bits per heavy atom. The van der Waals surface area contributed by atoms with Crippen molar-refractivity contribution in [3.63, 3.8) is 0 Å². The van der Waals surface area contributed by atoms with Crippen LogP contribution in [0.4, 0.5) is 0 Å². The molecule has 5 heteroatoms. The monoisotopic (exact) mass is 243 g/mol. The second-order valence-electron chi connectivity index (χ2n) is 3.83. The van der Waals surface area contributed by atoms with Crippen molar-refractivity contribution in [2.75, 3.05) is 6.61 Å². The van der Waals surface area contributed by atoms with E-state index in [0.29, 0.717) is 23.8 Å². The number of aromatic nitrogens is 1. The van der Waals surface area contributed by atoms with E-state index < -0.39 is 5.97 Å². The smallest absolute Gasteiger partial charge is 0.347 e. The molecule has 1 aromatic heterocycles. The van der Waals surface area contributed by atoms with E-state index in [4.69, 9.17) is 9.84 Å². The highest BCUT2D eigenvalue weighted by molar-refractivity contribution is 7.13. The summed E-state index contributed by atoms with van der Waals surface area (Å²) in [7, 11) is 0. The van der Waals surface area contributed by atoms with E-state index in [9.17, 15) is 4.79 Å². The maximum Gasteiger partial charge on any atom is 0.347 e. The molecule has 0 aromatic carbocycles. The van der Waals surface area contributed by atoms with Crippen molar-refractivity contribution in [3.05, 3.63) is 15.6 Å². The Balaban J connectivity index is 2.80. The van der Waals surface area contributed by atoms with Gasteiger partial charge in [-0.3, -0.25) is 0 Å². The van der Waals surface area contributed by atoms with E-state index in [2.05, 4.69) is 4.98 Å². The van der Waals surface area contributed by atoms with Gasteiger partial charge in [-0.15, -0.1) is 11.3 Å². The normalized spacial score (nSPS) is 11.0. The number of aromatic carboxylic acids is 1. The number of thiazole rings is 1. The molecule has 0 unspecified atom stereocenters. The topological polar surface area (TPSA) is 59.4 Å². The molecule has 1 heterocycles. The van der Waals surface area contributed by atoms with E-state index in [1.807, 2.05) is 20.8 Å². The second-order valence-corrected chi connectivity index (χ2v) is 4.92. The molecule has 1 aromatic rings. The first-order chi connectivity index (χ1) is 7.56. The molecule has 0 bridgehead atoms. The molecule has 0 saturated carbocycles. The third-order valence-corrected chi connectivity index (χ3v) is 3.05. The van der Waals surface area contributed by atoms with Gasteiger partial charge in [-0.05, 0) is 12.3 Å². The van der Waals surface area contributed by atoms with Gasteiger partial charge in [0.2, 0.25) is 0 Å². The first-order valence-electron chi connectivity index (χ1n) is 5.36. The molecule has 4 nitrogen and oxygen atoms in total. The number of nitrogens with zero attached hydrogens (tertiary/aromatic N) is 1. The van der Waals surface area contributed by atoms with Gasteiger partial charge in [-0.1, -0.05) is 20.8 Å². The van der Waals surface area contributed by atoms with Crippen molar-refractivity contribution < 1.29 is 14.6 Å². The average molecular weight is 243 g/mol. The van der Waals surface area contributed by atoms with Crippen LogP contribution in [-0.4, -0.2) is 22.7 Å². The van der Waals surface area contributed by atoms with Gasteiger partial charge in [0, 0.05) is 6.61 Å². The summed E-state index contributed by atoms with van der Waals surface area (Å²) in [6, 6.07) is 0. The van der Waals surface area contributed by atoms with Crippen LogP contribution in [0, 0.1) is 0 Å². The predicted molar refractivity (Wildman–Crippen MR) is 63.1 cm³/mol. The van der Waals surface area contributed by atoms with Crippen LogP contribution in [0.5, 0.6) is 0 Å². The van der Waals surface area contributed by atoms with Gasteiger partial charge in [-0.2, -0.15) is 0 Å². The molecular weight excluding hydrogens is 226 g/mol. The van der Waals surface area contributed by atoms with Gasteiger partial charge in [0.25, 0.3) is 0 Å². The number of hydrogen-bond acceptors (Lipinski definition) is 4. The summed E-state index contributed by atoms with van der Waals surface area (Å²) in [6.45, 7) is 7.00. The molecule has 90 valence electrons. The highest BCUT2D eigenvalue weighted by Gasteiger charge is 2.19. The molecule has 0 fully saturated rings. The van der Waals surface area contributed by atoms with E-state index in [-0.39, 0.29) is 5.92 Å². The fourth-order valence-corrected chi connectivity index (χ4v) is 2.28. The lowest BCUT2D eigenvalue weighted by Crippen LogP contribution is -2.00. The van der Waals surface area contributed by atoms with Crippen LogP contribution in [0.2, 0.25) is 0 Å². The summed E-state index contributed by atoms with van der Waals surface area (Å²) in [6.07, 6.45) is 0.953. The van der Waals surface area contributed by atoms with E-state index in [1.54, 1.807) is 0 Å². The quantitative estimate of drug-likeness (QED) is 0.780. The number of hydrogen-bond donors (Lipinski definition) is 1. The van der Waals surface area contributed by atoms with Gasteiger partial charge in [0.15, 0.2) is 0 Å². The average Bonchev–Trinajstić information content (AvgIpc) is 2.62. The molecule has 0 aliphatic carbocycles. The van der Waals surface area contributed by atoms with Crippen LogP contribution >= 0.6 is 11.3 Å². The molecule has 0 aliphatic rings. The van der Waals surface area contributed by atoms with E-state index >= 15 is 0 Å². The first-order valence-corrected chi connectivity index (χ1v) is 6.18. The number of rotatable bonds is 6. The highest BCUT2D eigenvalue weighted by Crippen LogP contribution is 2.25. The van der Waals surface area contributed by atoms with Gasteiger partial charge in [-0.25, -0.2) is 9.78 Å². The molecule has 0 atom stereocenters. The summed E-state index contributed by atoms with van der Waals surface area (Å²) in [5, 5.41) is 9.77. The van der Waals surface area contributed by atoms with Crippen molar-refractivity contribution in [2.24, 2.45) is 0 Å². The predicted octanol–water partition coefficient (Wildman–Crippen LogP) is 2.89. The zero-order valence-electron chi connectivity index (χ0n) is 9.82. The lowest BCUT2D eigenvalue weighted by atomic mass is 10.1. The minimum atomic E-state index is -0.900. The van der Waals surface area contributed by atoms with Gasteiger partial charge < -0.3 is 9.84 Å². The van der Waals surface area contributed by atoms with Gasteiger partial charge in [0.1, 0.15) is 9.88 Å². The van der Waals surface area contributed by atoms with Crippen molar-refractivity contribution in [1.82, 2.24) is 4.98 Å². The fraction of sp³-hybridized carbons (Fsp3) is 0.636. The summed E-state index contributed by atoms with van der Waals surface area (Å²) >= 11 is 1.21. The Kier molecular flexibility index (Phi) is 4.89. The summed E-state index contributed by atoms with van der Waals surface area (Å²) < 4.78 is 5.35. The van der Waals surface area contributed by atoms with E-state index in [0.717, 1.165) is 11.4 Å². The third kappa shape index (κ3) is 3.28. The van der Waals surface area contributed by atoms with Crippen LogP contribution < -0.4 is 0 Å². The SMILES string of the molecule is CCCOCc1nc(C(C)C)c(C(=O)O)s1. The Labute approximate surface area is 99.3 Å². The Morgan fingerprint density at radius 3 is 2.69 bits per heavy atom. The second kappa shape index (κ2) is 5.96. The molecule has 1 N–H and O–H groups in total. The van der Waals surface area contributed by atoms with Crippen molar-refractivity contribution >= 4 is 17.3 Å². The van der Waals surface area contributed by atoms with E-state index in [1.165, 1.54) is 11.3 Å². The molecule has 1 rings (SSSR count). The molecule has 16 heavy (non-hydrogen) atoms. The minimum absolute atomic E-state index is 0.127. The number of carbonyl (C=O) groups is 1. The molecule has 0 radical (unpaired) electrons. The van der Waals surface area contributed by atoms with Crippen LogP contribution in [0.3, 0.4) is 0 Å². The summed E-state index contributed by atoms with van der Waals surface area (Å²) in [4.78, 5) is 15.7. The number of carboxylic acids is 1. The largest absolute Gasteiger partial charge is 0.477 e. The zero-order valence-corrected chi connectivity index (χ0v) is 10.6. The standard InChI is InChI=1S/C11H17NO3S/c1-4-5-15-6-8-12-9(7(2)3)10(16-8)11(13)14/h7H,4-6H2,1-3H3,(H,13,14). The minimum Gasteiger partial charge on any atom is -0.477 e. The van der Waals surface area contributed by atoms with Gasteiger partial charge >= 0.3 is 5.97 Å². The van der Waals surface area contributed by atoms with Gasteiger partial charge in [0.05, 0.1) is 12.3 Å². The molecule has 0 saturated heterocycles. The molecule has 0 amide bonds. The number of carboxylic acid groups (broad SMARTS) is 1. The van der Waals surface area contributed by atoms with Crippen LogP contribution in [0.1, 0.15) is 53.5 Å². The van der Waals surface area contributed by atoms with Crippen molar-refractivity contribution in [2.45, 2.75) is 39.7 Å². The lowest BCUT2D eigenvalue weighted by Gasteiger charge is -2.00. The summed E-state index contributed by atoms with van der Waals surface area (Å²) in [5.41, 5.74) is 0.660. The highest BCUT2D eigenvalue weighted by atomic mass is 32.1. The van der Waals surface area contributed by atoms with Crippen molar-refractivity contribution in [3.8, 4) is 0 Å². The summed E-state index contributed by atoms with van der Waals surface area (Å²) in [5.74, 6) is -0.773. The van der Waals surface area contributed by atoms with Crippen LogP contribution in [-0.2, 0) is 11.3 Å². The Hall–Kier alpha value is -0.940. The first kappa shape index (κ1) is 13.1. The third-order valence-electron chi connectivity index (χ3n) is 2.01. The molecule has 0 spiro atoms. The Bertz CT molecular complexity index is 360. The lowest BCUT2D eigenvalue weighted by molar-refractivity contribution is 0.0700.